The molecule has 0 aliphatic carbocycles. The van der Waals surface area contributed by atoms with E-state index < -0.39 is 11.2 Å². The van der Waals surface area contributed by atoms with E-state index in [2.05, 4.69) is 0 Å². The van der Waals surface area contributed by atoms with Crippen molar-refractivity contribution in [1.29, 1.82) is 0 Å². The molecule has 128 valence electrons. The molecular weight excluding hydrogens is 297 g/mol. The highest BCUT2D eigenvalue weighted by atomic mass is 19.1. The quantitative estimate of drug-likeness (QED) is 0.842. The van der Waals surface area contributed by atoms with Crippen LogP contribution in [0.3, 0.4) is 0 Å². The number of hydrogen-bond donors (Lipinski definition) is 0. The fourth-order valence-electron chi connectivity index (χ4n) is 2.58. The number of benzene rings is 1. The SMILES string of the molecule is Cc1ccc(F)cc1COC1(C)CCN(C(=O)OC(C)(C)C)C1. The summed E-state index contributed by atoms with van der Waals surface area (Å²) in [6, 6.07) is 4.69. The molecule has 1 unspecified atom stereocenters. The highest BCUT2D eigenvalue weighted by molar-refractivity contribution is 5.68. The van der Waals surface area contributed by atoms with Crippen molar-refractivity contribution in [2.75, 3.05) is 13.1 Å². The van der Waals surface area contributed by atoms with Crippen LogP contribution in [0.4, 0.5) is 9.18 Å². The first-order chi connectivity index (χ1) is 10.6. The van der Waals surface area contributed by atoms with E-state index in [-0.39, 0.29) is 11.9 Å². The van der Waals surface area contributed by atoms with E-state index in [9.17, 15) is 9.18 Å². The molecule has 0 bridgehead atoms. The lowest BCUT2D eigenvalue weighted by molar-refractivity contribution is -0.0376. The second-order valence-electron chi connectivity index (χ2n) is 7.46. The van der Waals surface area contributed by atoms with E-state index in [1.807, 2.05) is 34.6 Å². The van der Waals surface area contributed by atoms with E-state index in [0.717, 1.165) is 17.5 Å². The van der Waals surface area contributed by atoms with Gasteiger partial charge >= 0.3 is 6.09 Å². The molecule has 1 amide bonds. The van der Waals surface area contributed by atoms with Crippen molar-refractivity contribution in [3.8, 4) is 0 Å². The molecule has 0 radical (unpaired) electrons. The maximum atomic E-state index is 13.3. The maximum Gasteiger partial charge on any atom is 0.410 e. The predicted octanol–water partition coefficient (Wildman–Crippen LogP) is 4.05. The Kier molecular flexibility index (Phi) is 4.99. The zero-order valence-corrected chi connectivity index (χ0v) is 14.6. The van der Waals surface area contributed by atoms with Gasteiger partial charge in [-0.15, -0.1) is 0 Å². The Hall–Kier alpha value is -1.62. The molecule has 1 fully saturated rings. The highest BCUT2D eigenvalue weighted by Gasteiger charge is 2.38. The molecule has 0 saturated carbocycles. The summed E-state index contributed by atoms with van der Waals surface area (Å²) in [4.78, 5) is 13.8. The van der Waals surface area contributed by atoms with Crippen molar-refractivity contribution in [3.05, 3.63) is 35.1 Å². The molecule has 1 aliphatic heterocycles. The summed E-state index contributed by atoms with van der Waals surface area (Å²) in [6.45, 7) is 10.9. The van der Waals surface area contributed by atoms with Gasteiger partial charge in [0.25, 0.3) is 0 Å². The van der Waals surface area contributed by atoms with Gasteiger partial charge in [-0.3, -0.25) is 0 Å². The summed E-state index contributed by atoms with van der Waals surface area (Å²) in [5, 5.41) is 0. The molecule has 1 aliphatic rings. The molecule has 0 N–H and O–H groups in total. The van der Waals surface area contributed by atoms with E-state index in [1.54, 1.807) is 11.0 Å². The van der Waals surface area contributed by atoms with Crippen LogP contribution in [-0.4, -0.2) is 35.3 Å². The Balaban J connectivity index is 1.94. The van der Waals surface area contributed by atoms with E-state index in [0.29, 0.717) is 19.7 Å². The first-order valence-corrected chi connectivity index (χ1v) is 7.95. The van der Waals surface area contributed by atoms with E-state index in [1.165, 1.54) is 12.1 Å². The Bertz CT molecular complexity index is 582. The summed E-state index contributed by atoms with van der Waals surface area (Å²) in [5.41, 5.74) is 0.893. The molecule has 1 aromatic rings. The number of amides is 1. The fourth-order valence-corrected chi connectivity index (χ4v) is 2.58. The zero-order valence-electron chi connectivity index (χ0n) is 14.6. The Morgan fingerprint density at radius 3 is 2.74 bits per heavy atom. The largest absolute Gasteiger partial charge is 0.444 e. The summed E-state index contributed by atoms with van der Waals surface area (Å²) in [7, 11) is 0. The van der Waals surface area contributed by atoms with Crippen LogP contribution in [0.2, 0.25) is 0 Å². The van der Waals surface area contributed by atoms with Crippen LogP contribution in [0.5, 0.6) is 0 Å². The molecular formula is C18H26FNO3. The van der Waals surface area contributed by atoms with Crippen LogP contribution in [-0.2, 0) is 16.1 Å². The highest BCUT2D eigenvalue weighted by Crippen LogP contribution is 2.28. The number of rotatable bonds is 3. The third kappa shape index (κ3) is 4.93. The van der Waals surface area contributed by atoms with Crippen molar-refractivity contribution < 1.29 is 18.7 Å². The summed E-state index contributed by atoms with van der Waals surface area (Å²) in [5.74, 6) is -0.263. The lowest BCUT2D eigenvalue weighted by Crippen LogP contribution is -2.39. The van der Waals surface area contributed by atoms with Crippen molar-refractivity contribution in [2.24, 2.45) is 0 Å². The smallest absolute Gasteiger partial charge is 0.410 e. The van der Waals surface area contributed by atoms with Gasteiger partial charge in [0.05, 0.1) is 18.8 Å². The van der Waals surface area contributed by atoms with Gasteiger partial charge in [-0.1, -0.05) is 6.07 Å². The number of aryl methyl sites for hydroxylation is 1. The standard InChI is InChI=1S/C18H26FNO3/c1-13-6-7-15(19)10-14(13)11-22-18(5)8-9-20(12-18)16(21)23-17(2,3)4/h6-7,10H,8-9,11-12H2,1-5H3. The zero-order chi connectivity index (χ0) is 17.3. The van der Waals surface area contributed by atoms with Gasteiger partial charge in [-0.25, -0.2) is 9.18 Å². The second kappa shape index (κ2) is 6.48. The molecule has 2 rings (SSSR count). The summed E-state index contributed by atoms with van der Waals surface area (Å²) >= 11 is 0. The van der Waals surface area contributed by atoms with Gasteiger partial charge in [0.1, 0.15) is 11.4 Å². The Morgan fingerprint density at radius 1 is 1.39 bits per heavy atom. The van der Waals surface area contributed by atoms with Gasteiger partial charge in [-0.2, -0.15) is 0 Å². The molecule has 0 spiro atoms. The molecule has 1 heterocycles. The van der Waals surface area contributed by atoms with Crippen LogP contribution in [0.1, 0.15) is 45.2 Å². The predicted molar refractivity (Wildman–Crippen MR) is 86.8 cm³/mol. The van der Waals surface area contributed by atoms with E-state index in [4.69, 9.17) is 9.47 Å². The van der Waals surface area contributed by atoms with Crippen molar-refractivity contribution >= 4 is 6.09 Å². The van der Waals surface area contributed by atoms with Gasteiger partial charge in [0.15, 0.2) is 0 Å². The Labute approximate surface area is 137 Å². The van der Waals surface area contributed by atoms with E-state index >= 15 is 0 Å². The molecule has 1 aromatic carbocycles. The van der Waals surface area contributed by atoms with Gasteiger partial charge < -0.3 is 14.4 Å². The molecule has 0 aromatic heterocycles. The third-order valence-electron chi connectivity index (χ3n) is 3.97. The minimum atomic E-state index is -0.504. The Morgan fingerprint density at radius 2 is 2.09 bits per heavy atom. The van der Waals surface area contributed by atoms with Crippen LogP contribution in [0.15, 0.2) is 18.2 Å². The average molecular weight is 323 g/mol. The number of likely N-dealkylation sites (tertiary alicyclic amines) is 1. The number of nitrogens with zero attached hydrogens (tertiary/aromatic N) is 1. The number of carbonyl (C=O) groups excluding carboxylic acids is 1. The first-order valence-electron chi connectivity index (χ1n) is 7.95. The normalized spacial score (nSPS) is 21.6. The minimum absolute atomic E-state index is 0.263. The summed E-state index contributed by atoms with van der Waals surface area (Å²) in [6.07, 6.45) is 0.424. The maximum absolute atomic E-state index is 13.3. The number of hydrogen-bond acceptors (Lipinski definition) is 3. The number of carbonyl (C=O) groups is 1. The van der Waals surface area contributed by atoms with Crippen molar-refractivity contribution in [3.63, 3.8) is 0 Å². The van der Waals surface area contributed by atoms with Gasteiger partial charge in [-0.05, 0) is 64.3 Å². The molecule has 1 atom stereocenters. The number of ether oxygens (including phenoxy) is 2. The lowest BCUT2D eigenvalue weighted by Gasteiger charge is -2.27. The van der Waals surface area contributed by atoms with Crippen LogP contribution < -0.4 is 0 Å². The van der Waals surface area contributed by atoms with Crippen LogP contribution >= 0.6 is 0 Å². The monoisotopic (exact) mass is 323 g/mol. The van der Waals surface area contributed by atoms with Crippen molar-refractivity contribution in [1.82, 2.24) is 4.90 Å². The molecule has 1 saturated heterocycles. The van der Waals surface area contributed by atoms with Crippen LogP contribution in [0.25, 0.3) is 0 Å². The second-order valence-corrected chi connectivity index (χ2v) is 7.46. The van der Waals surface area contributed by atoms with Gasteiger partial charge in [0.2, 0.25) is 0 Å². The fraction of sp³-hybridized carbons (Fsp3) is 0.611. The molecule has 23 heavy (non-hydrogen) atoms. The third-order valence-corrected chi connectivity index (χ3v) is 3.97. The topological polar surface area (TPSA) is 38.8 Å². The van der Waals surface area contributed by atoms with Crippen LogP contribution in [0, 0.1) is 12.7 Å². The average Bonchev–Trinajstić information content (AvgIpc) is 2.81. The summed E-state index contributed by atoms with van der Waals surface area (Å²) < 4.78 is 24.7. The van der Waals surface area contributed by atoms with Crippen molar-refractivity contribution in [2.45, 2.75) is 58.8 Å². The molecule has 4 nitrogen and oxygen atoms in total. The number of halogens is 1. The van der Waals surface area contributed by atoms with Gasteiger partial charge in [0, 0.05) is 6.54 Å². The lowest BCUT2D eigenvalue weighted by atomic mass is 10.1. The minimum Gasteiger partial charge on any atom is -0.444 e. The molecule has 5 heteroatoms. The first kappa shape index (κ1) is 17.7.